The van der Waals surface area contributed by atoms with E-state index in [0.29, 0.717) is 0 Å². The molecule has 6 heteroatoms. The van der Waals surface area contributed by atoms with Crippen LogP contribution in [-0.2, 0) is 0 Å². The zero-order chi connectivity index (χ0) is 17.4. The van der Waals surface area contributed by atoms with Gasteiger partial charge in [0.15, 0.2) is 5.78 Å². The van der Waals surface area contributed by atoms with Crippen molar-refractivity contribution < 1.29 is 4.79 Å². The molecule has 0 saturated carbocycles. The second-order valence-electron chi connectivity index (χ2n) is 5.68. The molecular weight excluding hydrogens is 350 g/mol. The van der Waals surface area contributed by atoms with Crippen LogP contribution >= 0.6 is 22.7 Å². The molecule has 0 amide bonds. The van der Waals surface area contributed by atoms with Gasteiger partial charge >= 0.3 is 0 Å². The van der Waals surface area contributed by atoms with Gasteiger partial charge in [-0.1, -0.05) is 30.3 Å². The minimum Gasteiger partial charge on any atom is -0.294 e. The molecule has 0 fully saturated rings. The van der Waals surface area contributed by atoms with E-state index in [2.05, 4.69) is 5.10 Å². The van der Waals surface area contributed by atoms with Crippen molar-refractivity contribution in [2.45, 2.75) is 13.8 Å². The van der Waals surface area contributed by atoms with Crippen LogP contribution in [0, 0.1) is 6.92 Å². The van der Waals surface area contributed by atoms with E-state index in [1.807, 2.05) is 65.5 Å². The Balaban J connectivity index is 1.76. The largest absolute Gasteiger partial charge is 0.294 e. The van der Waals surface area contributed by atoms with Crippen LogP contribution in [-0.4, -0.2) is 20.5 Å². The molecule has 4 rings (SSSR count). The van der Waals surface area contributed by atoms with Crippen LogP contribution in [0.15, 0.2) is 53.9 Å². The number of Topliss-reactive ketones (excluding diaryl/α,β-unsaturated/α-hetero) is 1. The summed E-state index contributed by atoms with van der Waals surface area (Å²) in [6.07, 6.45) is 0. The Morgan fingerprint density at radius 1 is 1.12 bits per heavy atom. The fourth-order valence-electron chi connectivity index (χ4n) is 2.59. The fourth-order valence-corrected chi connectivity index (χ4v) is 4.29. The first-order valence-corrected chi connectivity index (χ1v) is 9.50. The van der Waals surface area contributed by atoms with E-state index in [1.54, 1.807) is 18.3 Å². The van der Waals surface area contributed by atoms with E-state index in [-0.39, 0.29) is 5.78 Å². The zero-order valence-corrected chi connectivity index (χ0v) is 15.4. The van der Waals surface area contributed by atoms with Gasteiger partial charge in [-0.25, -0.2) is 9.67 Å². The molecule has 0 unspecified atom stereocenters. The highest BCUT2D eigenvalue weighted by Gasteiger charge is 2.16. The number of nitrogens with zero attached hydrogens (tertiary/aromatic N) is 3. The van der Waals surface area contributed by atoms with E-state index in [4.69, 9.17) is 4.98 Å². The van der Waals surface area contributed by atoms with Gasteiger partial charge in [-0.2, -0.15) is 5.10 Å². The number of hydrogen-bond acceptors (Lipinski definition) is 5. The molecule has 25 heavy (non-hydrogen) atoms. The van der Waals surface area contributed by atoms with E-state index in [1.165, 1.54) is 11.3 Å². The maximum atomic E-state index is 11.6. The van der Waals surface area contributed by atoms with E-state index in [9.17, 15) is 4.79 Å². The zero-order valence-electron chi connectivity index (χ0n) is 13.8. The summed E-state index contributed by atoms with van der Waals surface area (Å²) in [5, 5.41) is 7.47. The van der Waals surface area contributed by atoms with Crippen LogP contribution in [0.4, 0.5) is 0 Å². The molecule has 0 spiro atoms. The first-order chi connectivity index (χ1) is 12.1. The monoisotopic (exact) mass is 365 g/mol. The summed E-state index contributed by atoms with van der Waals surface area (Å²) in [5.41, 5.74) is 3.91. The van der Waals surface area contributed by atoms with Crippen molar-refractivity contribution in [1.82, 2.24) is 14.8 Å². The summed E-state index contributed by atoms with van der Waals surface area (Å²) in [6, 6.07) is 16.0. The van der Waals surface area contributed by atoms with Crippen LogP contribution in [0.3, 0.4) is 0 Å². The van der Waals surface area contributed by atoms with Gasteiger partial charge in [-0.15, -0.1) is 22.7 Å². The SMILES string of the molecule is CC(=O)c1ccc(-c2cc(C)nn2-c2nc(-c3ccccc3)cs2)s1. The number of hydrogen-bond donors (Lipinski definition) is 0. The van der Waals surface area contributed by atoms with Crippen molar-refractivity contribution in [3.05, 3.63) is 64.5 Å². The van der Waals surface area contributed by atoms with Gasteiger partial charge in [0.25, 0.3) is 0 Å². The van der Waals surface area contributed by atoms with Crippen molar-refractivity contribution in [2.24, 2.45) is 0 Å². The maximum absolute atomic E-state index is 11.6. The standard InChI is InChI=1S/C19H15N3OS2/c1-12-10-16(18-9-8-17(25-18)13(2)23)22(21-12)19-20-15(11-24-19)14-6-4-3-5-7-14/h3-11H,1-2H3. The number of carbonyl (C=O) groups excluding carboxylic acids is 1. The van der Waals surface area contributed by atoms with Gasteiger partial charge in [0, 0.05) is 10.9 Å². The van der Waals surface area contributed by atoms with Crippen molar-refractivity contribution in [1.29, 1.82) is 0 Å². The smallest absolute Gasteiger partial charge is 0.211 e. The summed E-state index contributed by atoms with van der Waals surface area (Å²) < 4.78 is 1.86. The normalized spacial score (nSPS) is 11.0. The number of aryl methyl sites for hydroxylation is 1. The lowest BCUT2D eigenvalue weighted by Crippen LogP contribution is -1.98. The Morgan fingerprint density at radius 3 is 2.64 bits per heavy atom. The van der Waals surface area contributed by atoms with Gasteiger partial charge in [0.05, 0.1) is 26.8 Å². The van der Waals surface area contributed by atoms with E-state index >= 15 is 0 Å². The third-order valence-corrected chi connectivity index (χ3v) is 5.80. The number of rotatable bonds is 4. The molecule has 124 valence electrons. The summed E-state index contributed by atoms with van der Waals surface area (Å²) in [4.78, 5) is 18.1. The Hall–Kier alpha value is -2.57. The number of thiazole rings is 1. The van der Waals surface area contributed by atoms with Gasteiger partial charge in [0.1, 0.15) is 0 Å². The van der Waals surface area contributed by atoms with E-state index < -0.39 is 0 Å². The molecule has 0 N–H and O–H groups in total. The second kappa shape index (κ2) is 6.38. The topological polar surface area (TPSA) is 47.8 Å². The molecule has 0 radical (unpaired) electrons. The molecule has 3 heterocycles. The van der Waals surface area contributed by atoms with Crippen LogP contribution in [0.5, 0.6) is 0 Å². The highest BCUT2D eigenvalue weighted by molar-refractivity contribution is 7.17. The van der Waals surface area contributed by atoms with Crippen LogP contribution < -0.4 is 0 Å². The molecule has 0 aliphatic rings. The highest BCUT2D eigenvalue weighted by atomic mass is 32.1. The molecular formula is C19H15N3OS2. The van der Waals surface area contributed by atoms with Crippen LogP contribution in [0.2, 0.25) is 0 Å². The highest BCUT2D eigenvalue weighted by Crippen LogP contribution is 2.32. The number of aromatic nitrogens is 3. The lowest BCUT2D eigenvalue weighted by Gasteiger charge is -2.01. The minimum absolute atomic E-state index is 0.0830. The lowest BCUT2D eigenvalue weighted by molar-refractivity contribution is 0.102. The Kier molecular flexibility index (Phi) is 4.07. The molecule has 4 aromatic rings. The first-order valence-electron chi connectivity index (χ1n) is 7.81. The van der Waals surface area contributed by atoms with Crippen molar-refractivity contribution in [3.8, 4) is 27.0 Å². The average Bonchev–Trinajstić information content (AvgIpc) is 3.34. The predicted octanol–water partition coefficient (Wildman–Crippen LogP) is 5.24. The molecule has 0 aliphatic carbocycles. The number of carbonyl (C=O) groups is 1. The van der Waals surface area contributed by atoms with E-state index in [0.717, 1.165) is 37.5 Å². The minimum atomic E-state index is 0.0830. The van der Waals surface area contributed by atoms with Crippen molar-refractivity contribution in [3.63, 3.8) is 0 Å². The summed E-state index contributed by atoms with van der Waals surface area (Å²) in [6.45, 7) is 3.55. The van der Waals surface area contributed by atoms with Gasteiger partial charge in [0.2, 0.25) is 5.13 Å². The van der Waals surface area contributed by atoms with Crippen molar-refractivity contribution in [2.75, 3.05) is 0 Å². The summed E-state index contributed by atoms with van der Waals surface area (Å²) >= 11 is 3.05. The summed E-state index contributed by atoms with van der Waals surface area (Å²) in [7, 11) is 0. The molecule has 0 atom stereocenters. The Labute approximate surface area is 153 Å². The quantitative estimate of drug-likeness (QED) is 0.465. The number of ketones is 1. The third kappa shape index (κ3) is 3.06. The van der Waals surface area contributed by atoms with Gasteiger partial charge in [-0.05, 0) is 32.0 Å². The van der Waals surface area contributed by atoms with Crippen LogP contribution in [0.25, 0.3) is 27.0 Å². The Morgan fingerprint density at radius 2 is 1.92 bits per heavy atom. The fraction of sp³-hybridized carbons (Fsp3) is 0.105. The molecule has 1 aromatic carbocycles. The molecule has 0 saturated heterocycles. The van der Waals surface area contributed by atoms with Crippen LogP contribution in [0.1, 0.15) is 22.3 Å². The first kappa shape index (κ1) is 15.9. The van der Waals surface area contributed by atoms with Gasteiger partial charge < -0.3 is 0 Å². The molecule has 0 aliphatic heterocycles. The number of thiophene rings is 1. The Bertz CT molecular complexity index is 1040. The maximum Gasteiger partial charge on any atom is 0.211 e. The van der Waals surface area contributed by atoms with Gasteiger partial charge in [-0.3, -0.25) is 4.79 Å². The second-order valence-corrected chi connectivity index (χ2v) is 7.60. The average molecular weight is 365 g/mol. The van der Waals surface area contributed by atoms with Crippen molar-refractivity contribution >= 4 is 28.5 Å². The molecule has 3 aromatic heterocycles. The lowest BCUT2D eigenvalue weighted by atomic mass is 10.2. The molecule has 4 nitrogen and oxygen atoms in total. The predicted molar refractivity (Wildman–Crippen MR) is 103 cm³/mol. The molecule has 0 bridgehead atoms. The number of benzene rings is 1. The third-order valence-electron chi connectivity index (χ3n) is 3.78. The summed E-state index contributed by atoms with van der Waals surface area (Å²) in [5.74, 6) is 0.0830.